The van der Waals surface area contributed by atoms with Crippen LogP contribution in [0.3, 0.4) is 0 Å². The van der Waals surface area contributed by atoms with Crippen molar-refractivity contribution in [3.8, 4) is 0 Å². The molecule has 1 fully saturated rings. The van der Waals surface area contributed by atoms with Crippen molar-refractivity contribution in [1.29, 1.82) is 0 Å². The molecule has 0 saturated carbocycles. The fourth-order valence-corrected chi connectivity index (χ4v) is 2.72. The quantitative estimate of drug-likeness (QED) is 0.839. The van der Waals surface area contributed by atoms with E-state index in [2.05, 4.69) is 33.1 Å². The number of H-pyrrole nitrogens is 1. The van der Waals surface area contributed by atoms with Crippen LogP contribution in [0.15, 0.2) is 16.9 Å². The third-order valence-corrected chi connectivity index (χ3v) is 4.12. The van der Waals surface area contributed by atoms with E-state index in [-0.39, 0.29) is 11.5 Å². The highest BCUT2D eigenvalue weighted by atomic mass is 79.9. The smallest absolute Gasteiger partial charge is 0.274 e. The molecule has 5 nitrogen and oxygen atoms in total. The Balaban J connectivity index is 1.99. The Morgan fingerprint density at radius 3 is 2.67 bits per heavy atom. The van der Waals surface area contributed by atoms with Gasteiger partial charge < -0.3 is 4.90 Å². The van der Waals surface area contributed by atoms with E-state index in [9.17, 15) is 9.59 Å². The van der Waals surface area contributed by atoms with Gasteiger partial charge >= 0.3 is 0 Å². The van der Waals surface area contributed by atoms with Gasteiger partial charge in [-0.3, -0.25) is 9.59 Å². The van der Waals surface area contributed by atoms with E-state index in [1.165, 1.54) is 12.1 Å². The van der Waals surface area contributed by atoms with Gasteiger partial charge in [-0.15, -0.1) is 0 Å². The number of rotatable bonds is 2. The second-order valence-electron chi connectivity index (χ2n) is 4.61. The fraction of sp³-hybridized carbons (Fsp3) is 0.583. The molecule has 98 valence electrons. The van der Waals surface area contributed by atoms with Gasteiger partial charge in [0.05, 0.1) is 0 Å². The SMILES string of the molecule is CC(Br)C1CCN(C(=O)c2ccc(=O)[nH]n2)CC1. The summed E-state index contributed by atoms with van der Waals surface area (Å²) in [6.45, 7) is 3.64. The maximum absolute atomic E-state index is 12.1. The van der Waals surface area contributed by atoms with Gasteiger partial charge in [0.15, 0.2) is 0 Å². The number of nitrogens with one attached hydrogen (secondary N) is 1. The summed E-state index contributed by atoms with van der Waals surface area (Å²) in [5.74, 6) is 0.518. The summed E-state index contributed by atoms with van der Waals surface area (Å²) in [4.78, 5) is 25.3. The zero-order valence-electron chi connectivity index (χ0n) is 10.2. The lowest BCUT2D eigenvalue weighted by Crippen LogP contribution is -2.40. The van der Waals surface area contributed by atoms with Crippen LogP contribution >= 0.6 is 15.9 Å². The van der Waals surface area contributed by atoms with Gasteiger partial charge in [0, 0.05) is 24.0 Å². The average molecular weight is 314 g/mol. The number of halogens is 1. The molecule has 1 unspecified atom stereocenters. The molecule has 1 aliphatic rings. The number of likely N-dealkylation sites (tertiary alicyclic amines) is 1. The molecular weight excluding hydrogens is 298 g/mol. The van der Waals surface area contributed by atoms with Crippen LogP contribution in [0.25, 0.3) is 0 Å². The van der Waals surface area contributed by atoms with E-state index in [4.69, 9.17) is 0 Å². The second-order valence-corrected chi connectivity index (χ2v) is 6.06. The lowest BCUT2D eigenvalue weighted by molar-refractivity contribution is 0.0684. The lowest BCUT2D eigenvalue weighted by Gasteiger charge is -2.33. The Kier molecular flexibility index (Phi) is 4.16. The number of hydrogen-bond acceptors (Lipinski definition) is 3. The molecule has 1 N–H and O–H groups in total. The minimum Gasteiger partial charge on any atom is -0.337 e. The van der Waals surface area contributed by atoms with E-state index in [1.807, 2.05) is 0 Å². The summed E-state index contributed by atoms with van der Waals surface area (Å²) in [5.41, 5.74) is 0.0123. The van der Waals surface area contributed by atoms with Crippen molar-refractivity contribution in [2.24, 2.45) is 5.92 Å². The number of hydrogen-bond donors (Lipinski definition) is 1. The summed E-state index contributed by atoms with van der Waals surface area (Å²) < 4.78 is 0. The van der Waals surface area contributed by atoms with Gasteiger partial charge in [0.25, 0.3) is 11.5 Å². The predicted molar refractivity (Wildman–Crippen MR) is 71.9 cm³/mol. The Bertz CT molecular complexity index is 458. The Morgan fingerprint density at radius 2 is 2.17 bits per heavy atom. The number of aromatic amines is 1. The topological polar surface area (TPSA) is 66.1 Å². The van der Waals surface area contributed by atoms with Gasteiger partial charge in [0.1, 0.15) is 5.69 Å². The first-order valence-corrected chi connectivity index (χ1v) is 6.98. The molecule has 1 atom stereocenters. The highest BCUT2D eigenvalue weighted by Gasteiger charge is 2.26. The summed E-state index contributed by atoms with van der Waals surface area (Å²) in [6, 6.07) is 2.80. The van der Waals surface area contributed by atoms with Crippen molar-refractivity contribution < 1.29 is 4.79 Å². The number of nitrogens with zero attached hydrogens (tertiary/aromatic N) is 2. The van der Waals surface area contributed by atoms with Crippen molar-refractivity contribution in [2.75, 3.05) is 13.1 Å². The van der Waals surface area contributed by atoms with Crippen LogP contribution < -0.4 is 5.56 Å². The number of carbonyl (C=O) groups is 1. The fourth-order valence-electron chi connectivity index (χ4n) is 2.19. The summed E-state index contributed by atoms with van der Waals surface area (Å²) in [7, 11) is 0. The number of carbonyl (C=O) groups excluding carboxylic acids is 1. The van der Waals surface area contributed by atoms with Crippen LogP contribution in [0, 0.1) is 5.92 Å². The average Bonchev–Trinajstić information content (AvgIpc) is 2.39. The first-order valence-electron chi connectivity index (χ1n) is 6.07. The standard InChI is InChI=1S/C12H16BrN3O2/c1-8(13)9-4-6-16(7-5-9)12(18)10-2-3-11(17)15-14-10/h2-3,8-9H,4-7H2,1H3,(H,15,17). The summed E-state index contributed by atoms with van der Waals surface area (Å²) in [5, 5.41) is 6.06. The van der Waals surface area contributed by atoms with Crippen molar-refractivity contribution in [2.45, 2.75) is 24.6 Å². The summed E-state index contributed by atoms with van der Waals surface area (Å²) >= 11 is 3.59. The minimum atomic E-state index is -0.293. The van der Waals surface area contributed by atoms with Gasteiger partial charge in [0.2, 0.25) is 0 Å². The van der Waals surface area contributed by atoms with Crippen LogP contribution in [-0.4, -0.2) is 38.9 Å². The third-order valence-electron chi connectivity index (χ3n) is 3.37. The normalized spacial score (nSPS) is 18.7. The lowest BCUT2D eigenvalue weighted by atomic mass is 9.94. The van der Waals surface area contributed by atoms with E-state index in [1.54, 1.807) is 4.90 Å². The van der Waals surface area contributed by atoms with Crippen LogP contribution in [-0.2, 0) is 0 Å². The van der Waals surface area contributed by atoms with E-state index in [0.29, 0.717) is 16.4 Å². The molecule has 2 heterocycles. The first-order chi connectivity index (χ1) is 8.58. The number of alkyl halides is 1. The molecule has 6 heteroatoms. The maximum atomic E-state index is 12.1. The molecule has 1 aromatic rings. The van der Waals surface area contributed by atoms with Crippen molar-refractivity contribution in [3.05, 3.63) is 28.2 Å². The zero-order valence-corrected chi connectivity index (χ0v) is 11.8. The highest BCUT2D eigenvalue weighted by Crippen LogP contribution is 2.25. The van der Waals surface area contributed by atoms with E-state index in [0.717, 1.165) is 25.9 Å². The largest absolute Gasteiger partial charge is 0.337 e. The van der Waals surface area contributed by atoms with Crippen molar-refractivity contribution in [3.63, 3.8) is 0 Å². The molecule has 0 bridgehead atoms. The molecule has 1 aliphatic heterocycles. The highest BCUT2D eigenvalue weighted by molar-refractivity contribution is 9.09. The van der Waals surface area contributed by atoms with Crippen LogP contribution in [0.2, 0.25) is 0 Å². The monoisotopic (exact) mass is 313 g/mol. The van der Waals surface area contributed by atoms with Gasteiger partial charge in [-0.05, 0) is 24.8 Å². The van der Waals surface area contributed by atoms with E-state index >= 15 is 0 Å². The number of piperidine rings is 1. The second kappa shape index (κ2) is 5.65. The molecule has 0 aromatic carbocycles. The van der Waals surface area contributed by atoms with Crippen LogP contribution in [0.5, 0.6) is 0 Å². The molecule has 0 spiro atoms. The number of aromatic nitrogens is 2. The maximum Gasteiger partial charge on any atom is 0.274 e. The molecule has 2 rings (SSSR count). The summed E-state index contributed by atoms with van der Waals surface area (Å²) in [6.07, 6.45) is 2.00. The Hall–Kier alpha value is -1.17. The number of amides is 1. The molecular formula is C12H16BrN3O2. The van der Waals surface area contributed by atoms with E-state index < -0.39 is 0 Å². The predicted octanol–water partition coefficient (Wildman–Crippen LogP) is 1.41. The van der Waals surface area contributed by atoms with Gasteiger partial charge in [-0.2, -0.15) is 5.10 Å². The molecule has 1 aromatic heterocycles. The Labute approximate surface area is 114 Å². The zero-order chi connectivity index (χ0) is 13.1. The first kappa shape index (κ1) is 13.3. The molecule has 1 saturated heterocycles. The minimum absolute atomic E-state index is 0.105. The van der Waals surface area contributed by atoms with Gasteiger partial charge in [-0.1, -0.05) is 22.9 Å². The van der Waals surface area contributed by atoms with Crippen LogP contribution in [0.1, 0.15) is 30.3 Å². The van der Waals surface area contributed by atoms with Crippen LogP contribution in [0.4, 0.5) is 0 Å². The van der Waals surface area contributed by atoms with Crippen molar-refractivity contribution in [1.82, 2.24) is 15.1 Å². The molecule has 18 heavy (non-hydrogen) atoms. The Morgan fingerprint density at radius 1 is 1.50 bits per heavy atom. The molecule has 0 radical (unpaired) electrons. The van der Waals surface area contributed by atoms with Crippen molar-refractivity contribution >= 4 is 21.8 Å². The van der Waals surface area contributed by atoms with Gasteiger partial charge in [-0.25, -0.2) is 5.10 Å². The molecule has 1 amide bonds. The molecule has 0 aliphatic carbocycles. The third kappa shape index (κ3) is 2.98.